The van der Waals surface area contributed by atoms with Crippen LogP contribution in [0.25, 0.3) is 0 Å². The van der Waals surface area contributed by atoms with E-state index >= 15 is 4.39 Å². The molecule has 0 aromatic heterocycles. The van der Waals surface area contributed by atoms with E-state index in [0.29, 0.717) is 0 Å². The third-order valence-electron chi connectivity index (χ3n) is 5.76. The highest BCUT2D eigenvalue weighted by atomic mass is 28.4. The Morgan fingerprint density at radius 3 is 2.32 bits per heavy atom. The van der Waals surface area contributed by atoms with Gasteiger partial charge in [0.25, 0.3) is 0 Å². The van der Waals surface area contributed by atoms with E-state index < -0.39 is 44.5 Å². The number of hydrogen-bond donors (Lipinski definition) is 0. The van der Waals surface area contributed by atoms with Crippen LogP contribution in [-0.2, 0) is 14.7 Å². The summed E-state index contributed by atoms with van der Waals surface area (Å²) in [6.07, 6.45) is -4.38. The van der Waals surface area contributed by atoms with Gasteiger partial charge >= 0.3 is 5.92 Å². The van der Waals surface area contributed by atoms with Gasteiger partial charge in [-0.3, -0.25) is 0 Å². The third kappa shape index (κ3) is 4.27. The van der Waals surface area contributed by atoms with Crippen LogP contribution in [0.15, 0.2) is 29.3 Å². The molecule has 28 heavy (non-hydrogen) atoms. The maximum atomic E-state index is 15.4. The summed E-state index contributed by atoms with van der Waals surface area (Å²) in [5.74, 6) is -4.43. The highest BCUT2D eigenvalue weighted by Crippen LogP contribution is 2.44. The molecule has 8 heteroatoms. The molecule has 0 bridgehead atoms. The second kappa shape index (κ2) is 7.44. The van der Waals surface area contributed by atoms with Gasteiger partial charge in [-0.2, -0.15) is 8.78 Å². The summed E-state index contributed by atoms with van der Waals surface area (Å²) in [5.41, 5.74) is -1.91. The van der Waals surface area contributed by atoms with E-state index in [0.717, 1.165) is 6.07 Å². The monoisotopic (exact) mass is 419 g/mol. The molecule has 158 valence electrons. The summed E-state index contributed by atoms with van der Waals surface area (Å²) >= 11 is 0. The summed E-state index contributed by atoms with van der Waals surface area (Å²) in [6, 6.07) is 5.47. The minimum atomic E-state index is -3.61. The van der Waals surface area contributed by atoms with E-state index in [-0.39, 0.29) is 16.5 Å². The number of nitrogens with zero attached hydrogens (tertiary/aromatic N) is 1. The Hall–Kier alpha value is -1.41. The van der Waals surface area contributed by atoms with Gasteiger partial charge in [-0.15, -0.1) is 0 Å². The SMILES string of the molecule is CC1=N[C@](C)(c2ccccc2F)[C@@H](F)[C@@H](C(F)(F)CO[Si](C)(C)C(C)(C)C)O1. The molecule has 0 fully saturated rings. The van der Waals surface area contributed by atoms with Crippen LogP contribution < -0.4 is 0 Å². The molecule has 1 aromatic rings. The van der Waals surface area contributed by atoms with E-state index in [1.807, 2.05) is 33.9 Å². The number of rotatable bonds is 5. The topological polar surface area (TPSA) is 30.8 Å². The normalized spacial score (nSPS) is 26.6. The first-order chi connectivity index (χ1) is 12.6. The van der Waals surface area contributed by atoms with Crippen molar-refractivity contribution in [2.24, 2.45) is 4.99 Å². The summed E-state index contributed by atoms with van der Waals surface area (Å²) in [6.45, 7) is 11.2. The number of benzene rings is 1. The fourth-order valence-electron chi connectivity index (χ4n) is 2.91. The lowest BCUT2D eigenvalue weighted by Gasteiger charge is -2.43. The van der Waals surface area contributed by atoms with Gasteiger partial charge in [-0.1, -0.05) is 39.0 Å². The van der Waals surface area contributed by atoms with Crippen LogP contribution in [-0.4, -0.2) is 39.0 Å². The quantitative estimate of drug-likeness (QED) is 0.443. The van der Waals surface area contributed by atoms with Crippen LogP contribution in [0.2, 0.25) is 18.1 Å². The average molecular weight is 420 g/mol. The van der Waals surface area contributed by atoms with Crippen molar-refractivity contribution < 1.29 is 26.7 Å². The van der Waals surface area contributed by atoms with Crippen molar-refractivity contribution in [3.05, 3.63) is 35.6 Å². The van der Waals surface area contributed by atoms with Crippen molar-refractivity contribution in [2.45, 2.75) is 76.5 Å². The number of ether oxygens (including phenoxy) is 1. The standard InChI is InChI=1S/C20H29F4NO2Si/c1-13-25-19(5,14-10-8-9-11-15(14)21)16(22)17(27-13)20(23,24)12-26-28(6,7)18(2,3)4/h8-11,16-17H,12H2,1-7H3/t16-,17-,19+/m0/s1. The molecule has 2 rings (SSSR count). The molecule has 1 aliphatic rings. The number of alkyl halides is 3. The van der Waals surface area contributed by atoms with Crippen molar-refractivity contribution in [3.63, 3.8) is 0 Å². The van der Waals surface area contributed by atoms with E-state index in [2.05, 4.69) is 4.99 Å². The summed E-state index contributed by atoms with van der Waals surface area (Å²) < 4.78 is 70.4. The Bertz CT molecular complexity index is 748. The maximum absolute atomic E-state index is 15.4. The molecular weight excluding hydrogens is 390 g/mol. The number of hydrogen-bond acceptors (Lipinski definition) is 3. The first kappa shape index (κ1) is 22.9. The second-order valence-electron chi connectivity index (χ2n) is 9.01. The van der Waals surface area contributed by atoms with Crippen LogP contribution in [0.3, 0.4) is 0 Å². The minimum Gasteiger partial charge on any atom is -0.468 e. The van der Waals surface area contributed by atoms with Gasteiger partial charge in [-0.25, -0.2) is 13.8 Å². The van der Waals surface area contributed by atoms with Gasteiger partial charge in [0.2, 0.25) is 0 Å². The summed E-state index contributed by atoms with van der Waals surface area (Å²) in [7, 11) is -2.47. The Balaban J connectivity index is 2.34. The van der Waals surface area contributed by atoms with Crippen LogP contribution in [0, 0.1) is 5.82 Å². The number of halogens is 4. The van der Waals surface area contributed by atoms with Crippen molar-refractivity contribution in [3.8, 4) is 0 Å². The Morgan fingerprint density at radius 2 is 1.79 bits per heavy atom. The van der Waals surface area contributed by atoms with Gasteiger partial charge in [0.15, 0.2) is 26.5 Å². The highest BCUT2D eigenvalue weighted by molar-refractivity contribution is 6.74. The highest BCUT2D eigenvalue weighted by Gasteiger charge is 2.58. The molecule has 0 aliphatic carbocycles. The van der Waals surface area contributed by atoms with Gasteiger partial charge < -0.3 is 9.16 Å². The van der Waals surface area contributed by atoms with E-state index in [9.17, 15) is 13.2 Å². The second-order valence-corrected chi connectivity index (χ2v) is 13.8. The molecule has 3 atom stereocenters. The Labute approximate surface area is 165 Å². The molecule has 0 saturated heterocycles. The number of aliphatic imine (C=N–C) groups is 1. The van der Waals surface area contributed by atoms with Crippen molar-refractivity contribution in [1.29, 1.82) is 0 Å². The van der Waals surface area contributed by atoms with Gasteiger partial charge in [0.05, 0.1) is 0 Å². The van der Waals surface area contributed by atoms with Gasteiger partial charge in [0, 0.05) is 12.5 Å². The van der Waals surface area contributed by atoms with E-state index in [1.54, 1.807) is 0 Å². The van der Waals surface area contributed by atoms with Crippen LogP contribution in [0.1, 0.15) is 40.2 Å². The predicted molar refractivity (Wildman–Crippen MR) is 105 cm³/mol. The molecule has 0 amide bonds. The lowest BCUT2D eigenvalue weighted by molar-refractivity contribution is -0.166. The fourth-order valence-corrected chi connectivity index (χ4v) is 3.90. The largest absolute Gasteiger partial charge is 0.468 e. The first-order valence-corrected chi connectivity index (χ1v) is 12.2. The van der Waals surface area contributed by atoms with Gasteiger partial charge in [0.1, 0.15) is 18.0 Å². The molecule has 0 spiro atoms. The summed E-state index contributed by atoms with van der Waals surface area (Å²) in [5, 5.41) is -0.273. The molecule has 1 aliphatic heterocycles. The van der Waals surface area contributed by atoms with Crippen molar-refractivity contribution in [2.75, 3.05) is 6.61 Å². The average Bonchev–Trinajstić information content (AvgIpc) is 2.55. The molecule has 0 saturated carbocycles. The first-order valence-electron chi connectivity index (χ1n) is 9.26. The van der Waals surface area contributed by atoms with Crippen LogP contribution in [0.4, 0.5) is 17.6 Å². The van der Waals surface area contributed by atoms with Crippen LogP contribution >= 0.6 is 0 Å². The minimum absolute atomic E-state index is 0.0868. The van der Waals surface area contributed by atoms with Crippen molar-refractivity contribution in [1.82, 2.24) is 0 Å². The zero-order chi connectivity index (χ0) is 21.5. The molecule has 0 unspecified atom stereocenters. The molecule has 1 heterocycles. The Morgan fingerprint density at radius 1 is 1.21 bits per heavy atom. The van der Waals surface area contributed by atoms with E-state index in [1.165, 1.54) is 32.0 Å². The molecule has 0 N–H and O–H groups in total. The van der Waals surface area contributed by atoms with Crippen LogP contribution in [0.5, 0.6) is 0 Å². The zero-order valence-electron chi connectivity index (χ0n) is 17.4. The summed E-state index contributed by atoms with van der Waals surface area (Å²) in [4.78, 5) is 4.05. The lowest BCUT2D eigenvalue weighted by Crippen LogP contribution is -2.57. The molecule has 0 radical (unpaired) electrons. The van der Waals surface area contributed by atoms with Crippen molar-refractivity contribution >= 4 is 14.2 Å². The van der Waals surface area contributed by atoms with E-state index in [4.69, 9.17) is 9.16 Å². The molecule has 1 aromatic carbocycles. The van der Waals surface area contributed by atoms with Gasteiger partial charge in [-0.05, 0) is 31.1 Å². The molecular formula is C20H29F4NO2Si. The lowest BCUT2D eigenvalue weighted by atomic mass is 9.82. The maximum Gasteiger partial charge on any atom is 0.308 e. The zero-order valence-corrected chi connectivity index (χ0v) is 18.4. The molecule has 3 nitrogen and oxygen atoms in total. The third-order valence-corrected chi connectivity index (χ3v) is 10.2. The smallest absolute Gasteiger partial charge is 0.308 e. The Kier molecular flexibility index (Phi) is 6.08. The predicted octanol–water partition coefficient (Wildman–Crippen LogP) is 5.85. The fraction of sp³-hybridized carbons (Fsp3) is 0.650.